The van der Waals surface area contributed by atoms with Gasteiger partial charge in [-0.25, -0.2) is 4.39 Å². The summed E-state index contributed by atoms with van der Waals surface area (Å²) >= 11 is 3.46. The zero-order chi connectivity index (χ0) is 33.7. The van der Waals surface area contributed by atoms with E-state index in [9.17, 15) is 19.8 Å². The number of halogens is 2. The minimum atomic E-state index is -2.51. The Labute approximate surface area is 277 Å². The third kappa shape index (κ3) is 5.69. The highest BCUT2D eigenvalue weighted by Crippen LogP contribution is 2.57. The van der Waals surface area contributed by atoms with E-state index in [-0.39, 0.29) is 82.3 Å². The molecule has 4 atom stereocenters. The van der Waals surface area contributed by atoms with Gasteiger partial charge in [0, 0.05) is 29.1 Å². The molecule has 46 heavy (non-hydrogen) atoms. The van der Waals surface area contributed by atoms with Gasteiger partial charge in [-0.15, -0.1) is 0 Å². The van der Waals surface area contributed by atoms with Crippen molar-refractivity contribution in [1.82, 2.24) is 15.4 Å². The van der Waals surface area contributed by atoms with Crippen molar-refractivity contribution in [2.24, 2.45) is 11.8 Å². The van der Waals surface area contributed by atoms with Gasteiger partial charge in [0.05, 0.1) is 29.3 Å². The van der Waals surface area contributed by atoms with Crippen LogP contribution in [0.5, 0.6) is 11.6 Å². The van der Waals surface area contributed by atoms with Crippen LogP contribution in [0.15, 0.2) is 14.6 Å². The number of carbonyl (C=O) groups excluding carboxylic acids is 2. The number of nitrogens with zero attached hydrogens (tertiary/aromatic N) is 2. The number of aromatic nitrogens is 1. The lowest BCUT2D eigenvalue weighted by atomic mass is 9.57. The molecule has 3 aliphatic carbocycles. The molecule has 3 aliphatic rings. The van der Waals surface area contributed by atoms with Gasteiger partial charge < -0.3 is 29.5 Å². The Morgan fingerprint density at radius 3 is 2.37 bits per heavy atom. The van der Waals surface area contributed by atoms with Crippen LogP contribution in [-0.2, 0) is 17.8 Å². The van der Waals surface area contributed by atoms with Gasteiger partial charge in [-0.3, -0.25) is 14.5 Å². The molecule has 1 heterocycles. The quantitative estimate of drug-likeness (QED) is 0.186. The van der Waals surface area contributed by atoms with E-state index >= 15 is 4.39 Å². The summed E-state index contributed by atoms with van der Waals surface area (Å²) in [6, 6.07) is -0.693. The van der Waals surface area contributed by atoms with Crippen LogP contribution in [0, 0.1) is 17.7 Å². The van der Waals surface area contributed by atoms with Gasteiger partial charge in [0.2, 0.25) is 11.6 Å². The first kappa shape index (κ1) is 34.5. The summed E-state index contributed by atoms with van der Waals surface area (Å²) in [6.07, 6.45) is 3.44. The molecule has 5 rings (SSSR count). The summed E-state index contributed by atoms with van der Waals surface area (Å²) in [4.78, 5) is 30.5. The van der Waals surface area contributed by atoms with Crippen LogP contribution < -0.4 is 14.8 Å². The summed E-state index contributed by atoms with van der Waals surface area (Å²) in [5.74, 6) is -3.85. The maximum absolute atomic E-state index is 16.1. The monoisotopic (exact) mass is 705 g/mol. The lowest BCUT2D eigenvalue weighted by Gasteiger charge is -2.49. The maximum atomic E-state index is 16.1. The fraction of sp³-hybridized carbons (Fsp3) is 0.618. The molecule has 1 saturated carbocycles. The molecule has 0 unspecified atom stereocenters. The molecule has 3 N–H and O–H groups in total. The van der Waals surface area contributed by atoms with E-state index in [4.69, 9.17) is 14.0 Å². The highest BCUT2D eigenvalue weighted by atomic mass is 79.9. The summed E-state index contributed by atoms with van der Waals surface area (Å²) in [5, 5.41) is 31.6. The van der Waals surface area contributed by atoms with E-state index in [1.54, 1.807) is 19.0 Å². The van der Waals surface area contributed by atoms with Crippen molar-refractivity contribution < 1.29 is 38.2 Å². The number of hydrogen-bond acceptors (Lipinski definition) is 10. The van der Waals surface area contributed by atoms with Crippen LogP contribution in [0.2, 0.25) is 0 Å². The molecule has 0 aliphatic heterocycles. The Kier molecular flexibility index (Phi) is 9.77. The first-order valence-electron chi connectivity index (χ1n) is 16.1. The second kappa shape index (κ2) is 13.0. The third-order valence-corrected chi connectivity index (χ3v) is 10.1. The van der Waals surface area contributed by atoms with Crippen molar-refractivity contribution in [2.45, 2.75) is 96.9 Å². The standard InChI is InChI=1S/C34H45BrFN3O7/c1-8-10-12-44-28-19(16-37-33(3,4)5)25(36)24(35)18-14-17-15-20-26(39(6)7)29-23(32(38-46-29)45-13-11-9-2)31(42)34(20,43)30(41)21(17)27(40)22(18)28/h17,20,26,37,40,43H,8-16H2,1-7H3/t17-,20-,26-,34-/m0/s1. The van der Waals surface area contributed by atoms with E-state index in [2.05, 4.69) is 26.4 Å². The second-order valence-corrected chi connectivity index (χ2v) is 14.7. The molecule has 0 spiro atoms. The summed E-state index contributed by atoms with van der Waals surface area (Å²) in [6.45, 7) is 10.6. The topological polar surface area (TPSA) is 134 Å². The van der Waals surface area contributed by atoms with E-state index in [1.807, 2.05) is 34.6 Å². The zero-order valence-electron chi connectivity index (χ0n) is 27.7. The van der Waals surface area contributed by atoms with Crippen molar-refractivity contribution in [3.63, 3.8) is 0 Å². The first-order valence-corrected chi connectivity index (χ1v) is 16.9. The molecule has 12 heteroatoms. The van der Waals surface area contributed by atoms with E-state index in [0.717, 1.165) is 12.8 Å². The molecule has 0 bridgehead atoms. The van der Waals surface area contributed by atoms with Gasteiger partial charge >= 0.3 is 0 Å². The lowest BCUT2D eigenvalue weighted by molar-refractivity contribution is -0.142. The highest BCUT2D eigenvalue weighted by Gasteiger charge is 2.65. The number of unbranched alkanes of at least 4 members (excludes halogenated alkanes) is 2. The number of rotatable bonds is 11. The number of benzene rings is 1. The van der Waals surface area contributed by atoms with Gasteiger partial charge in [0.1, 0.15) is 22.9 Å². The normalized spacial score (nSPS) is 24.1. The van der Waals surface area contributed by atoms with Gasteiger partial charge in [-0.05, 0) is 93.1 Å². The number of carbonyl (C=O) groups is 2. The molecule has 10 nitrogen and oxygen atoms in total. The predicted molar refractivity (Wildman–Crippen MR) is 174 cm³/mol. The van der Waals surface area contributed by atoms with Crippen LogP contribution in [0.3, 0.4) is 0 Å². The Morgan fingerprint density at radius 1 is 1.11 bits per heavy atom. The number of fused-ring (bicyclic) bond motifs is 4. The number of nitrogens with one attached hydrogen (secondary N) is 1. The second-order valence-electron chi connectivity index (χ2n) is 13.9. The van der Waals surface area contributed by atoms with Crippen LogP contribution in [0.25, 0.3) is 5.76 Å². The highest BCUT2D eigenvalue weighted by molar-refractivity contribution is 9.10. The molecular formula is C34H45BrFN3O7. The number of hydrogen-bond donors (Lipinski definition) is 3. The summed E-state index contributed by atoms with van der Waals surface area (Å²) < 4.78 is 33.9. The number of aliphatic hydroxyl groups is 2. The smallest absolute Gasteiger partial charge is 0.265 e. The average Bonchev–Trinajstić information content (AvgIpc) is 3.40. The minimum Gasteiger partial charge on any atom is -0.507 e. The van der Waals surface area contributed by atoms with E-state index < -0.39 is 46.6 Å². The Hall–Kier alpha value is -2.80. The average molecular weight is 707 g/mol. The molecular weight excluding hydrogens is 661 g/mol. The largest absolute Gasteiger partial charge is 0.507 e. The Morgan fingerprint density at radius 2 is 1.76 bits per heavy atom. The Bertz CT molecular complexity index is 1560. The van der Waals surface area contributed by atoms with Gasteiger partial charge in [0.25, 0.3) is 5.88 Å². The van der Waals surface area contributed by atoms with Crippen LogP contribution in [-0.4, -0.2) is 70.3 Å². The molecule has 1 aromatic carbocycles. The van der Waals surface area contributed by atoms with Crippen molar-refractivity contribution in [2.75, 3.05) is 27.3 Å². The molecule has 0 saturated heterocycles. The maximum Gasteiger partial charge on any atom is 0.265 e. The number of Topliss-reactive ketones (excluding diaryl/α,β-unsaturated/α-hetero) is 2. The fourth-order valence-electron chi connectivity index (χ4n) is 6.92. The predicted octanol–water partition coefficient (Wildman–Crippen LogP) is 6.08. The minimum absolute atomic E-state index is 0.0550. The molecule has 0 amide bonds. The third-order valence-electron chi connectivity index (χ3n) is 9.29. The first-order chi connectivity index (χ1) is 21.7. The zero-order valence-corrected chi connectivity index (χ0v) is 29.3. The summed E-state index contributed by atoms with van der Waals surface area (Å²) in [5.41, 5.74) is -2.07. The molecule has 1 aromatic heterocycles. The van der Waals surface area contributed by atoms with Crippen LogP contribution in [0.4, 0.5) is 4.39 Å². The van der Waals surface area contributed by atoms with Gasteiger partial charge in [-0.2, -0.15) is 0 Å². The van der Waals surface area contributed by atoms with Crippen LogP contribution >= 0.6 is 15.9 Å². The van der Waals surface area contributed by atoms with E-state index in [0.29, 0.717) is 18.4 Å². The number of ketones is 2. The van der Waals surface area contributed by atoms with Crippen molar-refractivity contribution in [1.29, 1.82) is 0 Å². The van der Waals surface area contributed by atoms with Crippen molar-refractivity contribution in [3.05, 3.63) is 43.9 Å². The fourth-order valence-corrected chi connectivity index (χ4v) is 7.52. The van der Waals surface area contributed by atoms with Gasteiger partial charge in [0.15, 0.2) is 11.4 Å². The lowest BCUT2D eigenvalue weighted by Crippen LogP contribution is -2.63. The van der Waals surface area contributed by atoms with E-state index in [1.165, 1.54) is 0 Å². The van der Waals surface area contributed by atoms with Crippen LogP contribution in [0.1, 0.15) is 106 Å². The summed E-state index contributed by atoms with van der Waals surface area (Å²) in [7, 11) is 3.54. The molecule has 0 radical (unpaired) electrons. The molecule has 1 fully saturated rings. The number of ether oxygens (including phenoxy) is 2. The molecule has 2 aromatic rings. The van der Waals surface area contributed by atoms with Crippen molar-refractivity contribution in [3.8, 4) is 11.6 Å². The number of aliphatic hydroxyl groups excluding tert-OH is 1. The molecule has 252 valence electrons. The van der Waals surface area contributed by atoms with Gasteiger partial charge in [-0.1, -0.05) is 26.7 Å². The Balaban J connectivity index is 1.67. The van der Waals surface area contributed by atoms with Crippen molar-refractivity contribution >= 4 is 33.3 Å². The SMILES string of the molecule is CCCCOc1noc2c1C(=O)[C@@]1(O)C(=O)C3=C(O)c4c(c(Br)c(F)c(CNC(C)(C)C)c4OCCCC)C[C@H]3C[C@H]1[C@@H]2N(C)C.